The van der Waals surface area contributed by atoms with Gasteiger partial charge in [0, 0.05) is 47.5 Å². The summed E-state index contributed by atoms with van der Waals surface area (Å²) in [4.78, 5) is 48.8. The number of nitrogen functional groups attached to an aromatic ring is 1. The highest BCUT2D eigenvalue weighted by molar-refractivity contribution is 7.99. The lowest BCUT2D eigenvalue weighted by atomic mass is 10.1. The molecule has 0 saturated carbocycles. The van der Waals surface area contributed by atoms with Crippen molar-refractivity contribution in [3.05, 3.63) is 46.0 Å². The number of halogens is 1. The van der Waals surface area contributed by atoms with Gasteiger partial charge >= 0.3 is 0 Å². The van der Waals surface area contributed by atoms with Gasteiger partial charge in [-0.3, -0.25) is 23.9 Å². The molecule has 0 radical (unpaired) electrons. The van der Waals surface area contributed by atoms with Crippen LogP contribution in [0.3, 0.4) is 0 Å². The van der Waals surface area contributed by atoms with Crippen LogP contribution in [0.5, 0.6) is 0 Å². The fraction of sp³-hybridized carbons (Fsp3) is 0.667. The molecule has 0 spiro atoms. The predicted molar refractivity (Wildman–Crippen MR) is 220 cm³/mol. The van der Waals surface area contributed by atoms with Crippen molar-refractivity contribution >= 4 is 40.6 Å². The van der Waals surface area contributed by atoms with Crippen LogP contribution in [0.2, 0.25) is 0 Å². The van der Waals surface area contributed by atoms with Crippen molar-refractivity contribution in [2.24, 2.45) is 0 Å². The van der Waals surface area contributed by atoms with Gasteiger partial charge in [0.1, 0.15) is 5.82 Å². The molecule has 15 nitrogen and oxygen atoms in total. The standard InChI is InChI=1S/C35H53FN6O9S.2C2H6.H2/c1-26(43)38-29(25-52-35-39-31-32(40-34(37)41-33(31)45)42(35)24-27-9-11-28(36)12-10-27)30(44)8-7-15-48-17-19-50-21-23-51-22-20-49-18-16-47-14-6-4-3-5-13-46-2;2*1-2;/h9-12,29H,3-8,13-25H2,1-2H3,(H,38,43)(H3,37,40,41,45);2*1-2H3;1H/t29-;;;/m0.../s1. The second kappa shape index (κ2) is 32.6. The van der Waals surface area contributed by atoms with Gasteiger partial charge in [0.25, 0.3) is 5.56 Å². The second-order valence-electron chi connectivity index (χ2n) is 11.8. The molecule has 0 saturated heterocycles. The number of Topliss-reactive ketones (excluding diaryl/α,β-unsaturated/α-hetero) is 1. The van der Waals surface area contributed by atoms with Gasteiger partial charge in [0.2, 0.25) is 11.9 Å². The molecular formula is C39H67FN6O9S. The molecule has 0 aliphatic rings. The highest BCUT2D eigenvalue weighted by Crippen LogP contribution is 2.24. The number of hydrogen-bond donors (Lipinski definition) is 3. The molecule has 320 valence electrons. The smallest absolute Gasteiger partial charge is 0.280 e. The molecule has 0 bridgehead atoms. The molecular weight excluding hydrogens is 748 g/mol. The summed E-state index contributed by atoms with van der Waals surface area (Å²) < 4.78 is 47.9. The van der Waals surface area contributed by atoms with Crippen LogP contribution < -0.4 is 16.6 Å². The van der Waals surface area contributed by atoms with E-state index in [0.717, 1.165) is 44.5 Å². The molecule has 0 aliphatic heterocycles. The first-order chi connectivity index (χ1) is 27.3. The Morgan fingerprint density at radius 2 is 1.34 bits per heavy atom. The van der Waals surface area contributed by atoms with Gasteiger partial charge in [0.15, 0.2) is 22.1 Å². The van der Waals surface area contributed by atoms with Crippen LogP contribution in [-0.2, 0) is 44.6 Å². The van der Waals surface area contributed by atoms with Crippen molar-refractivity contribution in [2.45, 2.75) is 90.9 Å². The summed E-state index contributed by atoms with van der Waals surface area (Å²) in [5.41, 5.74) is 6.35. The number of amides is 1. The van der Waals surface area contributed by atoms with Gasteiger partial charge in [-0.25, -0.2) is 9.37 Å². The molecule has 1 aromatic carbocycles. The Labute approximate surface area is 336 Å². The summed E-state index contributed by atoms with van der Waals surface area (Å²) in [6, 6.07) is 5.10. The number of fused-ring (bicyclic) bond motifs is 1. The van der Waals surface area contributed by atoms with E-state index in [4.69, 9.17) is 34.2 Å². The molecule has 0 aliphatic carbocycles. The number of rotatable bonds is 30. The van der Waals surface area contributed by atoms with Gasteiger partial charge in [-0.15, -0.1) is 0 Å². The lowest BCUT2D eigenvalue weighted by molar-refractivity contribution is -0.126. The van der Waals surface area contributed by atoms with E-state index < -0.39 is 11.6 Å². The third kappa shape index (κ3) is 21.7. The minimum absolute atomic E-state index is 0. The Morgan fingerprint density at radius 1 is 0.821 bits per heavy atom. The Bertz CT molecular complexity index is 1530. The van der Waals surface area contributed by atoms with Crippen molar-refractivity contribution in [2.75, 3.05) is 91.3 Å². The van der Waals surface area contributed by atoms with Crippen molar-refractivity contribution in [1.82, 2.24) is 24.8 Å². The van der Waals surface area contributed by atoms with Gasteiger partial charge in [-0.1, -0.05) is 64.4 Å². The Kier molecular flexibility index (Phi) is 29.5. The number of thioether (sulfide) groups is 1. The third-order valence-electron chi connectivity index (χ3n) is 7.58. The average molecular weight is 815 g/mol. The largest absolute Gasteiger partial charge is 0.385 e. The lowest BCUT2D eigenvalue weighted by Gasteiger charge is -2.17. The van der Waals surface area contributed by atoms with Crippen LogP contribution in [0.4, 0.5) is 10.3 Å². The summed E-state index contributed by atoms with van der Waals surface area (Å²) >= 11 is 1.19. The number of carbonyl (C=O) groups is 2. The number of nitrogens with zero attached hydrogens (tertiary/aromatic N) is 3. The van der Waals surface area contributed by atoms with E-state index in [1.165, 1.54) is 30.8 Å². The minimum atomic E-state index is -0.800. The van der Waals surface area contributed by atoms with Crippen LogP contribution in [0.15, 0.2) is 34.2 Å². The van der Waals surface area contributed by atoms with Crippen molar-refractivity contribution < 1.29 is 43.8 Å². The second-order valence-corrected chi connectivity index (χ2v) is 12.8. The first-order valence-electron chi connectivity index (χ1n) is 19.6. The number of aromatic amines is 1. The maximum atomic E-state index is 13.5. The maximum absolute atomic E-state index is 13.5. The van der Waals surface area contributed by atoms with Crippen LogP contribution in [0, 0.1) is 5.82 Å². The topological polar surface area (TPSA) is 191 Å². The zero-order chi connectivity index (χ0) is 41.4. The Balaban J connectivity index is 0.00000607. The Hall–Kier alpha value is -3.45. The Morgan fingerprint density at radius 3 is 1.88 bits per heavy atom. The summed E-state index contributed by atoms with van der Waals surface area (Å²) in [5.74, 6) is -0.812. The number of ether oxygens (including phenoxy) is 6. The summed E-state index contributed by atoms with van der Waals surface area (Å²) in [6.45, 7) is 15.2. The number of nitrogens with two attached hydrogens (primary N) is 1. The number of imidazole rings is 1. The summed E-state index contributed by atoms with van der Waals surface area (Å²) in [5, 5.41) is 3.11. The molecule has 56 heavy (non-hydrogen) atoms. The first kappa shape index (κ1) is 50.6. The molecule has 0 unspecified atom stereocenters. The van der Waals surface area contributed by atoms with Crippen molar-refractivity contribution in [3.8, 4) is 0 Å². The van der Waals surface area contributed by atoms with Crippen LogP contribution >= 0.6 is 11.8 Å². The molecule has 0 fully saturated rings. The highest BCUT2D eigenvalue weighted by Gasteiger charge is 2.23. The number of carbonyl (C=O) groups excluding carboxylic acids is 2. The van der Waals surface area contributed by atoms with Gasteiger partial charge < -0.3 is 39.5 Å². The van der Waals surface area contributed by atoms with Crippen molar-refractivity contribution in [3.63, 3.8) is 0 Å². The van der Waals surface area contributed by atoms with Crippen LogP contribution in [0.25, 0.3) is 11.2 Å². The molecule has 3 rings (SSSR count). The van der Waals surface area contributed by atoms with E-state index in [-0.39, 0.29) is 54.8 Å². The number of methoxy groups -OCH3 is 1. The highest BCUT2D eigenvalue weighted by atomic mass is 32.2. The molecule has 2 heterocycles. The van der Waals surface area contributed by atoms with E-state index >= 15 is 0 Å². The maximum Gasteiger partial charge on any atom is 0.280 e. The molecule has 4 N–H and O–H groups in total. The number of anilines is 1. The monoisotopic (exact) mass is 814 g/mol. The third-order valence-corrected chi connectivity index (χ3v) is 8.64. The number of nitrogens with one attached hydrogen (secondary N) is 2. The normalized spacial score (nSPS) is 11.4. The average Bonchev–Trinajstić information content (AvgIpc) is 3.54. The van der Waals surface area contributed by atoms with E-state index in [9.17, 15) is 18.8 Å². The number of H-pyrrole nitrogens is 1. The van der Waals surface area contributed by atoms with Gasteiger partial charge in [-0.05, 0) is 37.0 Å². The van der Waals surface area contributed by atoms with E-state index in [1.54, 1.807) is 23.8 Å². The van der Waals surface area contributed by atoms with E-state index in [0.29, 0.717) is 71.0 Å². The summed E-state index contributed by atoms with van der Waals surface area (Å²) in [6.07, 6.45) is 5.10. The number of benzene rings is 1. The molecule has 1 amide bonds. The molecule has 17 heteroatoms. The zero-order valence-corrected chi connectivity index (χ0v) is 35.0. The van der Waals surface area contributed by atoms with E-state index in [1.807, 2.05) is 27.7 Å². The lowest BCUT2D eigenvalue weighted by Crippen LogP contribution is -2.41. The van der Waals surface area contributed by atoms with Gasteiger partial charge in [-0.2, -0.15) is 4.98 Å². The first-order valence-corrected chi connectivity index (χ1v) is 20.6. The fourth-order valence-corrected chi connectivity index (χ4v) is 6.01. The van der Waals surface area contributed by atoms with Crippen LogP contribution in [-0.4, -0.2) is 123 Å². The molecule has 1 atom stereocenters. The number of unbranched alkanes of at least 4 members (excludes halogenated alkanes) is 3. The quantitative estimate of drug-likeness (QED) is 0.0572. The van der Waals surface area contributed by atoms with Crippen molar-refractivity contribution in [1.29, 1.82) is 0 Å². The zero-order valence-electron chi connectivity index (χ0n) is 34.2. The number of hydrogen-bond acceptors (Lipinski definition) is 13. The molecule has 3 aromatic rings. The predicted octanol–water partition coefficient (Wildman–Crippen LogP) is 5.42. The molecule has 2 aromatic heterocycles. The SMILES string of the molecule is CC.CC.COCCCCCCOCCOCCOCCOCCOCCCC(=O)[C@H](CSc1nc2c(=O)[nH]c(N)nc2n1Cc1ccc(F)cc1)NC(C)=O.[HH]. The fourth-order valence-electron chi connectivity index (χ4n) is 4.96. The van der Waals surface area contributed by atoms with Gasteiger partial charge in [0.05, 0.1) is 65.4 Å². The minimum Gasteiger partial charge on any atom is -0.385 e. The number of aromatic nitrogens is 4. The van der Waals surface area contributed by atoms with E-state index in [2.05, 4.69) is 20.3 Å². The van der Waals surface area contributed by atoms with Crippen LogP contribution in [0.1, 0.15) is 80.1 Å². The summed E-state index contributed by atoms with van der Waals surface area (Å²) in [7, 11) is 1.72. The number of ketones is 1.